The van der Waals surface area contributed by atoms with Gasteiger partial charge in [0, 0.05) is 6.04 Å². The van der Waals surface area contributed by atoms with Gasteiger partial charge in [-0.05, 0) is 39.2 Å². The first-order chi connectivity index (χ1) is 14.7. The summed E-state index contributed by atoms with van der Waals surface area (Å²) < 4.78 is 5.21. The van der Waals surface area contributed by atoms with E-state index in [0.717, 1.165) is 36.1 Å². The Morgan fingerprint density at radius 3 is 2.39 bits per heavy atom. The fraction of sp³-hybridized carbons (Fsp3) is 0.565. The van der Waals surface area contributed by atoms with Gasteiger partial charge in [-0.2, -0.15) is 0 Å². The van der Waals surface area contributed by atoms with Gasteiger partial charge in [0.1, 0.15) is 12.1 Å². The first-order valence-electron chi connectivity index (χ1n) is 10.9. The molecule has 1 aromatic carbocycles. The highest BCUT2D eigenvalue weighted by Gasteiger charge is 2.49. The van der Waals surface area contributed by atoms with Crippen LogP contribution in [0.15, 0.2) is 24.3 Å². The highest BCUT2D eigenvalue weighted by atomic mass is 16.5. The van der Waals surface area contributed by atoms with E-state index in [0.29, 0.717) is 5.56 Å². The standard InChI is InChI=1S/C23H31N3O5/c1-15-10-12-17(13-11-15)23(3)21(29)26(22(30)25-23)14-19(27)31-16(2)20(28)24-18-8-6-4-5-7-9-18/h10-13,16,18H,4-9,14H2,1-3H3,(H,24,28)(H,25,30)/t16-,23-/m0/s1. The second kappa shape index (κ2) is 9.49. The minimum absolute atomic E-state index is 0.0947. The lowest BCUT2D eigenvalue weighted by molar-refractivity contribution is -0.156. The van der Waals surface area contributed by atoms with E-state index in [4.69, 9.17) is 4.74 Å². The second-order valence-corrected chi connectivity index (χ2v) is 8.64. The van der Waals surface area contributed by atoms with Gasteiger partial charge >= 0.3 is 12.0 Å². The number of amides is 4. The van der Waals surface area contributed by atoms with E-state index in [-0.39, 0.29) is 11.9 Å². The minimum atomic E-state index is -1.26. The molecule has 8 heteroatoms. The van der Waals surface area contributed by atoms with Crippen LogP contribution in [-0.2, 0) is 24.7 Å². The second-order valence-electron chi connectivity index (χ2n) is 8.64. The minimum Gasteiger partial charge on any atom is -0.451 e. The Labute approximate surface area is 182 Å². The molecule has 2 aliphatic rings. The van der Waals surface area contributed by atoms with Gasteiger partial charge in [-0.25, -0.2) is 4.79 Å². The third kappa shape index (κ3) is 5.24. The summed E-state index contributed by atoms with van der Waals surface area (Å²) in [6.45, 7) is 4.47. The van der Waals surface area contributed by atoms with Crippen molar-refractivity contribution in [3.05, 3.63) is 35.4 Å². The Hall–Kier alpha value is -2.90. The van der Waals surface area contributed by atoms with Crippen LogP contribution in [0.25, 0.3) is 0 Å². The van der Waals surface area contributed by atoms with Crippen LogP contribution in [0.3, 0.4) is 0 Å². The van der Waals surface area contributed by atoms with E-state index in [1.54, 1.807) is 19.1 Å². The quantitative estimate of drug-likeness (QED) is 0.411. The van der Waals surface area contributed by atoms with Crippen molar-refractivity contribution in [1.29, 1.82) is 0 Å². The molecule has 4 amide bonds. The molecule has 0 bridgehead atoms. The SMILES string of the molecule is Cc1ccc([C@]2(C)NC(=O)N(CC(=O)O[C@@H](C)C(=O)NC3CCCCCC3)C2=O)cc1. The van der Waals surface area contributed by atoms with Crippen LogP contribution in [-0.4, -0.2) is 47.4 Å². The van der Waals surface area contributed by atoms with E-state index >= 15 is 0 Å². The summed E-state index contributed by atoms with van der Waals surface area (Å²) in [6.07, 6.45) is 5.34. The van der Waals surface area contributed by atoms with Crippen molar-refractivity contribution in [1.82, 2.24) is 15.5 Å². The number of urea groups is 1. The van der Waals surface area contributed by atoms with E-state index in [9.17, 15) is 19.2 Å². The maximum absolute atomic E-state index is 12.9. The molecule has 8 nitrogen and oxygen atoms in total. The van der Waals surface area contributed by atoms with Gasteiger partial charge in [0.15, 0.2) is 6.10 Å². The number of carbonyl (C=O) groups excluding carboxylic acids is 4. The zero-order valence-corrected chi connectivity index (χ0v) is 18.4. The van der Waals surface area contributed by atoms with E-state index in [1.165, 1.54) is 19.8 Å². The molecule has 1 aliphatic heterocycles. The molecular weight excluding hydrogens is 398 g/mol. The Morgan fingerprint density at radius 1 is 1.16 bits per heavy atom. The van der Waals surface area contributed by atoms with Gasteiger partial charge in [-0.1, -0.05) is 55.5 Å². The highest BCUT2D eigenvalue weighted by Crippen LogP contribution is 2.29. The number of rotatable bonds is 6. The van der Waals surface area contributed by atoms with Gasteiger partial charge in [0.25, 0.3) is 11.8 Å². The summed E-state index contributed by atoms with van der Waals surface area (Å²) in [4.78, 5) is 50.9. The maximum atomic E-state index is 12.9. The van der Waals surface area contributed by atoms with Gasteiger partial charge in [-0.15, -0.1) is 0 Å². The number of nitrogens with one attached hydrogen (secondary N) is 2. The lowest BCUT2D eigenvalue weighted by atomic mass is 9.91. The average Bonchev–Trinajstić information content (AvgIpc) is 2.90. The predicted octanol–water partition coefficient (Wildman–Crippen LogP) is 2.53. The van der Waals surface area contributed by atoms with Crippen molar-refractivity contribution in [2.24, 2.45) is 0 Å². The summed E-state index contributed by atoms with van der Waals surface area (Å²) >= 11 is 0. The summed E-state index contributed by atoms with van der Waals surface area (Å²) in [7, 11) is 0. The zero-order valence-electron chi connectivity index (χ0n) is 18.4. The molecule has 2 N–H and O–H groups in total. The van der Waals surface area contributed by atoms with Crippen LogP contribution in [0.4, 0.5) is 4.79 Å². The Kier molecular flexibility index (Phi) is 6.97. The van der Waals surface area contributed by atoms with Crippen LogP contribution in [0.1, 0.15) is 63.5 Å². The van der Waals surface area contributed by atoms with Crippen LogP contribution in [0.5, 0.6) is 0 Å². The molecule has 3 rings (SSSR count). The molecule has 0 spiro atoms. The molecule has 0 unspecified atom stereocenters. The van der Waals surface area contributed by atoms with Crippen molar-refractivity contribution < 1.29 is 23.9 Å². The lowest BCUT2D eigenvalue weighted by Crippen LogP contribution is -2.44. The largest absolute Gasteiger partial charge is 0.451 e. The molecule has 1 saturated heterocycles. The lowest BCUT2D eigenvalue weighted by Gasteiger charge is -2.22. The maximum Gasteiger partial charge on any atom is 0.327 e. The number of esters is 1. The Bertz CT molecular complexity index is 845. The van der Waals surface area contributed by atoms with E-state index < -0.39 is 36.1 Å². The number of hydrogen-bond donors (Lipinski definition) is 2. The van der Waals surface area contributed by atoms with Gasteiger partial charge in [-0.3, -0.25) is 19.3 Å². The third-order valence-corrected chi connectivity index (χ3v) is 6.07. The predicted molar refractivity (Wildman–Crippen MR) is 114 cm³/mol. The first-order valence-corrected chi connectivity index (χ1v) is 10.9. The molecule has 2 fully saturated rings. The highest BCUT2D eigenvalue weighted by molar-refractivity contribution is 6.08. The van der Waals surface area contributed by atoms with E-state index in [2.05, 4.69) is 10.6 Å². The van der Waals surface area contributed by atoms with Gasteiger partial charge < -0.3 is 15.4 Å². The van der Waals surface area contributed by atoms with Crippen molar-refractivity contribution in [3.8, 4) is 0 Å². The molecule has 31 heavy (non-hydrogen) atoms. The number of aryl methyl sites for hydroxylation is 1. The van der Waals surface area contributed by atoms with Crippen LogP contribution in [0.2, 0.25) is 0 Å². The Balaban J connectivity index is 1.57. The molecule has 1 heterocycles. The summed E-state index contributed by atoms with van der Waals surface area (Å²) in [6, 6.07) is 6.68. The van der Waals surface area contributed by atoms with Gasteiger partial charge in [0.2, 0.25) is 0 Å². The van der Waals surface area contributed by atoms with Crippen LogP contribution < -0.4 is 10.6 Å². The summed E-state index contributed by atoms with van der Waals surface area (Å²) in [5.41, 5.74) is 0.400. The number of imide groups is 1. The van der Waals surface area contributed by atoms with Crippen molar-refractivity contribution >= 4 is 23.8 Å². The average molecular weight is 430 g/mol. The van der Waals surface area contributed by atoms with Crippen LogP contribution in [0, 0.1) is 6.92 Å². The molecule has 2 atom stereocenters. The monoisotopic (exact) mass is 429 g/mol. The molecular formula is C23H31N3O5. The molecule has 1 aromatic rings. The van der Waals surface area contributed by atoms with Crippen LogP contribution >= 0.6 is 0 Å². The zero-order chi connectivity index (χ0) is 22.6. The topological polar surface area (TPSA) is 105 Å². The molecule has 1 aliphatic carbocycles. The number of nitrogens with zero attached hydrogens (tertiary/aromatic N) is 1. The fourth-order valence-corrected chi connectivity index (χ4v) is 4.08. The van der Waals surface area contributed by atoms with Crippen molar-refractivity contribution in [3.63, 3.8) is 0 Å². The normalized spacial score (nSPS) is 23.1. The fourth-order valence-electron chi connectivity index (χ4n) is 4.08. The van der Waals surface area contributed by atoms with E-state index in [1.807, 2.05) is 19.1 Å². The number of ether oxygens (including phenoxy) is 1. The molecule has 168 valence electrons. The summed E-state index contributed by atoms with van der Waals surface area (Å²) in [5.74, 6) is -1.70. The third-order valence-electron chi connectivity index (χ3n) is 6.07. The smallest absolute Gasteiger partial charge is 0.327 e. The molecule has 0 aromatic heterocycles. The molecule has 0 radical (unpaired) electrons. The number of hydrogen-bond acceptors (Lipinski definition) is 5. The van der Waals surface area contributed by atoms with Crippen molar-refractivity contribution in [2.45, 2.75) is 77.0 Å². The molecule has 1 saturated carbocycles. The number of benzene rings is 1. The first kappa shape index (κ1) is 22.8. The number of carbonyl (C=O) groups is 4. The van der Waals surface area contributed by atoms with Gasteiger partial charge in [0.05, 0.1) is 0 Å². The summed E-state index contributed by atoms with van der Waals surface area (Å²) in [5, 5.41) is 5.60. The Morgan fingerprint density at radius 2 is 1.77 bits per heavy atom. The van der Waals surface area contributed by atoms with Crippen molar-refractivity contribution in [2.75, 3.05) is 6.54 Å².